The van der Waals surface area contributed by atoms with Gasteiger partial charge in [0.15, 0.2) is 0 Å². The van der Waals surface area contributed by atoms with E-state index >= 15 is 0 Å². The highest BCUT2D eigenvalue weighted by Gasteiger charge is 2.12. The van der Waals surface area contributed by atoms with Gasteiger partial charge in [-0.3, -0.25) is 0 Å². The van der Waals surface area contributed by atoms with Crippen molar-refractivity contribution in [1.82, 2.24) is 24.8 Å². The Morgan fingerprint density at radius 3 is 2.48 bits per heavy atom. The molecule has 0 atom stereocenters. The number of hydrogen-bond acceptors (Lipinski definition) is 4. The second kappa shape index (κ2) is 6.83. The molecular weight excluding hydrogens is 262 g/mol. The van der Waals surface area contributed by atoms with Crippen LogP contribution in [-0.4, -0.2) is 64.6 Å². The molecule has 1 saturated heterocycles. The Bertz CT molecular complexity index is 526. The molecule has 0 amide bonds. The second-order valence-corrected chi connectivity index (χ2v) is 5.76. The maximum Gasteiger partial charge on any atom is 0.0697 e. The summed E-state index contributed by atoms with van der Waals surface area (Å²) < 4.78 is 1.79. The summed E-state index contributed by atoms with van der Waals surface area (Å²) in [6, 6.07) is 8.61. The fourth-order valence-corrected chi connectivity index (χ4v) is 2.74. The SMILES string of the molecule is CN1CCN(CCCc2ccc(-n3ccnn3)cc2)CC1. The molecule has 0 N–H and O–H groups in total. The predicted molar refractivity (Wildman–Crippen MR) is 83.6 cm³/mol. The molecule has 1 aromatic carbocycles. The highest BCUT2D eigenvalue weighted by Crippen LogP contribution is 2.10. The van der Waals surface area contributed by atoms with Crippen molar-refractivity contribution in [2.24, 2.45) is 0 Å². The van der Waals surface area contributed by atoms with Gasteiger partial charge in [0.25, 0.3) is 0 Å². The van der Waals surface area contributed by atoms with Crippen LogP contribution in [0, 0.1) is 0 Å². The number of likely N-dealkylation sites (N-methyl/N-ethyl adjacent to an activating group) is 1. The van der Waals surface area contributed by atoms with Crippen molar-refractivity contribution in [3.63, 3.8) is 0 Å². The van der Waals surface area contributed by atoms with Crippen LogP contribution in [0.1, 0.15) is 12.0 Å². The van der Waals surface area contributed by atoms with Crippen LogP contribution >= 0.6 is 0 Å². The Hall–Kier alpha value is -1.72. The van der Waals surface area contributed by atoms with E-state index in [1.807, 2.05) is 6.20 Å². The first-order valence-electron chi connectivity index (χ1n) is 7.68. The van der Waals surface area contributed by atoms with Gasteiger partial charge in [-0.05, 0) is 44.1 Å². The van der Waals surface area contributed by atoms with E-state index < -0.39 is 0 Å². The Balaban J connectivity index is 1.45. The van der Waals surface area contributed by atoms with E-state index in [4.69, 9.17) is 0 Å². The Kier molecular flexibility index (Phi) is 4.62. The minimum absolute atomic E-state index is 1.07. The molecule has 0 aliphatic carbocycles. The lowest BCUT2D eigenvalue weighted by molar-refractivity contribution is 0.153. The first kappa shape index (κ1) is 14.2. The third-order valence-corrected chi connectivity index (χ3v) is 4.16. The molecule has 0 bridgehead atoms. The van der Waals surface area contributed by atoms with Crippen LogP contribution in [0.15, 0.2) is 36.7 Å². The zero-order valence-electron chi connectivity index (χ0n) is 12.6. The Morgan fingerprint density at radius 1 is 1.05 bits per heavy atom. The van der Waals surface area contributed by atoms with Crippen molar-refractivity contribution in [1.29, 1.82) is 0 Å². The Labute approximate surface area is 126 Å². The molecule has 2 aromatic rings. The summed E-state index contributed by atoms with van der Waals surface area (Å²) in [5, 5.41) is 7.83. The molecule has 2 heterocycles. The van der Waals surface area contributed by atoms with Gasteiger partial charge in [-0.1, -0.05) is 17.3 Å². The zero-order chi connectivity index (χ0) is 14.5. The van der Waals surface area contributed by atoms with Gasteiger partial charge in [0.05, 0.1) is 18.1 Å². The third kappa shape index (κ3) is 3.89. The largest absolute Gasteiger partial charge is 0.304 e. The first-order chi connectivity index (χ1) is 10.3. The van der Waals surface area contributed by atoms with Crippen molar-refractivity contribution < 1.29 is 0 Å². The summed E-state index contributed by atoms with van der Waals surface area (Å²) in [5.41, 5.74) is 2.46. The van der Waals surface area contributed by atoms with Crippen molar-refractivity contribution in [2.75, 3.05) is 39.8 Å². The Morgan fingerprint density at radius 2 is 1.81 bits per heavy atom. The van der Waals surface area contributed by atoms with E-state index in [1.165, 1.54) is 44.7 Å². The predicted octanol–water partition coefficient (Wildman–Crippen LogP) is 1.45. The molecule has 21 heavy (non-hydrogen) atoms. The topological polar surface area (TPSA) is 37.2 Å². The second-order valence-electron chi connectivity index (χ2n) is 5.76. The van der Waals surface area contributed by atoms with Crippen molar-refractivity contribution in [2.45, 2.75) is 12.8 Å². The molecule has 3 rings (SSSR count). The molecule has 112 valence electrons. The summed E-state index contributed by atoms with van der Waals surface area (Å²) in [6.07, 6.45) is 5.93. The van der Waals surface area contributed by atoms with Crippen LogP contribution in [0.2, 0.25) is 0 Å². The van der Waals surface area contributed by atoms with E-state index in [1.54, 1.807) is 10.9 Å². The van der Waals surface area contributed by atoms with E-state index in [-0.39, 0.29) is 0 Å². The van der Waals surface area contributed by atoms with Gasteiger partial charge in [-0.25, -0.2) is 4.68 Å². The van der Waals surface area contributed by atoms with Crippen molar-refractivity contribution >= 4 is 0 Å². The lowest BCUT2D eigenvalue weighted by atomic mass is 10.1. The highest BCUT2D eigenvalue weighted by atomic mass is 15.4. The van der Waals surface area contributed by atoms with Gasteiger partial charge < -0.3 is 9.80 Å². The summed E-state index contributed by atoms with van der Waals surface area (Å²) in [5.74, 6) is 0. The van der Waals surface area contributed by atoms with Gasteiger partial charge in [0.2, 0.25) is 0 Å². The summed E-state index contributed by atoms with van der Waals surface area (Å²) in [6.45, 7) is 6.03. The van der Waals surface area contributed by atoms with Crippen LogP contribution in [-0.2, 0) is 6.42 Å². The summed E-state index contributed by atoms with van der Waals surface area (Å²) >= 11 is 0. The monoisotopic (exact) mass is 285 g/mol. The quantitative estimate of drug-likeness (QED) is 0.833. The molecule has 0 radical (unpaired) electrons. The number of aromatic nitrogens is 3. The molecule has 5 heteroatoms. The molecule has 5 nitrogen and oxygen atoms in total. The molecular formula is C16H23N5. The lowest BCUT2D eigenvalue weighted by Crippen LogP contribution is -2.44. The van der Waals surface area contributed by atoms with Gasteiger partial charge in [0, 0.05) is 26.2 Å². The summed E-state index contributed by atoms with van der Waals surface area (Å²) in [7, 11) is 2.20. The molecule has 0 saturated carbocycles. The lowest BCUT2D eigenvalue weighted by Gasteiger charge is -2.32. The van der Waals surface area contributed by atoms with Gasteiger partial charge in [-0.2, -0.15) is 0 Å². The van der Waals surface area contributed by atoms with Gasteiger partial charge >= 0.3 is 0 Å². The number of benzene rings is 1. The molecule has 1 aliphatic rings. The van der Waals surface area contributed by atoms with Gasteiger partial charge in [0.1, 0.15) is 0 Å². The van der Waals surface area contributed by atoms with Crippen molar-refractivity contribution in [3.8, 4) is 5.69 Å². The number of nitrogens with zero attached hydrogens (tertiary/aromatic N) is 5. The normalized spacial score (nSPS) is 17.2. The standard InChI is InChI=1S/C16H23N5/c1-19-11-13-20(14-12-19)9-2-3-15-4-6-16(7-5-15)21-10-8-17-18-21/h4-8,10H,2-3,9,11-14H2,1H3. The molecule has 1 aromatic heterocycles. The number of aryl methyl sites for hydroxylation is 1. The molecule has 0 spiro atoms. The van der Waals surface area contributed by atoms with Crippen LogP contribution < -0.4 is 0 Å². The molecule has 1 fully saturated rings. The molecule has 1 aliphatic heterocycles. The number of rotatable bonds is 5. The van der Waals surface area contributed by atoms with E-state index in [9.17, 15) is 0 Å². The maximum atomic E-state index is 4.00. The van der Waals surface area contributed by atoms with E-state index in [2.05, 4.69) is 51.4 Å². The van der Waals surface area contributed by atoms with Crippen LogP contribution in [0.3, 0.4) is 0 Å². The highest BCUT2D eigenvalue weighted by molar-refractivity contribution is 5.33. The van der Waals surface area contributed by atoms with E-state index in [0.29, 0.717) is 0 Å². The number of hydrogen-bond donors (Lipinski definition) is 0. The van der Waals surface area contributed by atoms with Crippen LogP contribution in [0.25, 0.3) is 5.69 Å². The smallest absolute Gasteiger partial charge is 0.0697 e. The average molecular weight is 285 g/mol. The molecule has 0 unspecified atom stereocenters. The number of piperazine rings is 1. The minimum Gasteiger partial charge on any atom is -0.304 e. The first-order valence-corrected chi connectivity index (χ1v) is 7.68. The summed E-state index contributed by atoms with van der Waals surface area (Å²) in [4.78, 5) is 4.98. The van der Waals surface area contributed by atoms with Gasteiger partial charge in [-0.15, -0.1) is 5.10 Å². The van der Waals surface area contributed by atoms with Crippen LogP contribution in [0.5, 0.6) is 0 Å². The fraction of sp³-hybridized carbons (Fsp3) is 0.500. The van der Waals surface area contributed by atoms with E-state index in [0.717, 1.165) is 12.1 Å². The fourth-order valence-electron chi connectivity index (χ4n) is 2.74. The maximum absolute atomic E-state index is 4.00. The van der Waals surface area contributed by atoms with Crippen molar-refractivity contribution in [3.05, 3.63) is 42.2 Å². The van der Waals surface area contributed by atoms with Crippen LogP contribution in [0.4, 0.5) is 0 Å². The zero-order valence-corrected chi connectivity index (χ0v) is 12.6. The average Bonchev–Trinajstić information content (AvgIpc) is 3.04. The minimum atomic E-state index is 1.07. The third-order valence-electron chi connectivity index (χ3n) is 4.16.